The molecule has 7 nitrogen and oxygen atoms in total. The topological polar surface area (TPSA) is 101 Å². The number of carbonyl (C=O) groups is 2. The summed E-state index contributed by atoms with van der Waals surface area (Å²) in [6, 6.07) is 11.1. The maximum atomic E-state index is 13.0. The molecular formula is C22H20N4O3. The van der Waals surface area contributed by atoms with E-state index >= 15 is 0 Å². The second-order valence-electron chi connectivity index (χ2n) is 6.90. The lowest BCUT2D eigenvalue weighted by Gasteiger charge is -2.08. The number of fused-ring (bicyclic) bond motifs is 1. The average Bonchev–Trinajstić information content (AvgIpc) is 3.33. The zero-order valence-corrected chi connectivity index (χ0v) is 16.4. The number of rotatable bonds is 5. The number of hydrogen-bond donors (Lipinski definition) is 2. The van der Waals surface area contributed by atoms with Crippen LogP contribution in [0.3, 0.4) is 0 Å². The van der Waals surface area contributed by atoms with E-state index in [-0.39, 0.29) is 12.2 Å². The van der Waals surface area contributed by atoms with Gasteiger partial charge >= 0.3 is 5.97 Å². The Hall–Kier alpha value is -3.74. The highest BCUT2D eigenvalue weighted by Crippen LogP contribution is 2.26. The van der Waals surface area contributed by atoms with Crippen LogP contribution in [0.15, 0.2) is 42.6 Å². The Labute approximate surface area is 167 Å². The minimum absolute atomic E-state index is 0.0228. The third-order valence-electron chi connectivity index (χ3n) is 4.97. The second kappa shape index (κ2) is 7.35. The van der Waals surface area contributed by atoms with Crippen LogP contribution in [0.4, 0.5) is 0 Å². The van der Waals surface area contributed by atoms with E-state index in [0.29, 0.717) is 28.1 Å². The molecular weight excluding hydrogens is 368 g/mol. The molecule has 0 saturated heterocycles. The number of para-hydroxylation sites is 1. The highest BCUT2D eigenvalue weighted by Gasteiger charge is 2.20. The molecule has 29 heavy (non-hydrogen) atoms. The van der Waals surface area contributed by atoms with Crippen LogP contribution < -0.4 is 0 Å². The van der Waals surface area contributed by atoms with E-state index in [1.54, 1.807) is 18.3 Å². The number of carbonyl (C=O) groups excluding carboxylic acids is 2. The number of benzene rings is 2. The molecule has 0 radical (unpaired) electrons. The highest BCUT2D eigenvalue weighted by atomic mass is 16.5. The number of aromatic nitrogens is 4. The van der Waals surface area contributed by atoms with Crippen molar-refractivity contribution >= 4 is 22.8 Å². The number of nitrogens with zero attached hydrogens (tertiary/aromatic N) is 2. The van der Waals surface area contributed by atoms with Crippen molar-refractivity contribution in [3.8, 4) is 11.5 Å². The summed E-state index contributed by atoms with van der Waals surface area (Å²) in [7, 11) is 1.33. The minimum atomic E-state index is -0.457. The van der Waals surface area contributed by atoms with Crippen molar-refractivity contribution in [2.45, 2.75) is 20.3 Å². The monoisotopic (exact) mass is 388 g/mol. The largest absolute Gasteiger partial charge is 0.465 e. The van der Waals surface area contributed by atoms with Crippen LogP contribution in [0.2, 0.25) is 0 Å². The molecule has 0 atom stereocenters. The number of H-pyrrole nitrogens is 2. The van der Waals surface area contributed by atoms with Gasteiger partial charge in [-0.1, -0.05) is 24.3 Å². The number of imidazole rings is 1. The summed E-state index contributed by atoms with van der Waals surface area (Å²) in [5.74, 6) is 0.0534. The quantitative estimate of drug-likeness (QED) is 0.400. The van der Waals surface area contributed by atoms with Crippen molar-refractivity contribution in [3.63, 3.8) is 0 Å². The molecule has 0 unspecified atom stereocenters. The number of aryl methyl sites for hydroxylation is 2. The number of ketones is 1. The summed E-state index contributed by atoms with van der Waals surface area (Å²) in [6.45, 7) is 3.87. The summed E-state index contributed by atoms with van der Waals surface area (Å²) in [5, 5.41) is 7.10. The zero-order chi connectivity index (χ0) is 20.5. The van der Waals surface area contributed by atoms with Crippen LogP contribution in [0.1, 0.15) is 37.4 Å². The number of Topliss-reactive ketones (excluding diaryl/α,β-unsaturated/α-hetero) is 1. The first kappa shape index (κ1) is 18.6. The number of methoxy groups -OCH3 is 1. The predicted molar refractivity (Wildman–Crippen MR) is 109 cm³/mol. The van der Waals surface area contributed by atoms with Gasteiger partial charge < -0.3 is 9.72 Å². The number of esters is 1. The predicted octanol–water partition coefficient (Wildman–Crippen LogP) is 3.78. The summed E-state index contributed by atoms with van der Waals surface area (Å²) < 4.78 is 4.83. The van der Waals surface area contributed by atoms with Crippen molar-refractivity contribution in [2.24, 2.45) is 0 Å². The maximum absolute atomic E-state index is 13.0. The molecule has 2 aromatic heterocycles. The second-order valence-corrected chi connectivity index (χ2v) is 6.90. The number of ether oxygens (including phenoxy) is 1. The minimum Gasteiger partial charge on any atom is -0.465 e. The smallest absolute Gasteiger partial charge is 0.340 e. The van der Waals surface area contributed by atoms with Gasteiger partial charge in [-0.05, 0) is 37.1 Å². The summed E-state index contributed by atoms with van der Waals surface area (Å²) >= 11 is 0. The molecule has 2 aromatic carbocycles. The Morgan fingerprint density at radius 2 is 1.79 bits per heavy atom. The zero-order valence-electron chi connectivity index (χ0n) is 16.4. The first-order valence-corrected chi connectivity index (χ1v) is 9.19. The molecule has 0 spiro atoms. The van der Waals surface area contributed by atoms with Gasteiger partial charge in [0.15, 0.2) is 11.6 Å². The van der Waals surface area contributed by atoms with Gasteiger partial charge in [0, 0.05) is 23.7 Å². The van der Waals surface area contributed by atoms with Gasteiger partial charge in [0.1, 0.15) is 11.2 Å². The number of nitrogens with one attached hydrogen (secondary N) is 2. The molecule has 2 heterocycles. The van der Waals surface area contributed by atoms with Crippen molar-refractivity contribution in [1.29, 1.82) is 0 Å². The van der Waals surface area contributed by atoms with Gasteiger partial charge in [-0.2, -0.15) is 5.10 Å². The third-order valence-corrected chi connectivity index (χ3v) is 4.97. The SMILES string of the molecule is COC(=O)c1cccc2[nH]c(-c3n[nH]cc3CC(=O)c3c(C)cccc3C)nc12. The number of aromatic amines is 2. The number of hydrogen-bond acceptors (Lipinski definition) is 5. The van der Waals surface area contributed by atoms with Crippen LogP contribution in [0, 0.1) is 13.8 Å². The van der Waals surface area contributed by atoms with Gasteiger partial charge in [-0.25, -0.2) is 9.78 Å². The molecule has 7 heteroatoms. The van der Waals surface area contributed by atoms with Gasteiger partial charge in [0.25, 0.3) is 0 Å². The van der Waals surface area contributed by atoms with Gasteiger partial charge in [-0.3, -0.25) is 9.89 Å². The lowest BCUT2D eigenvalue weighted by atomic mass is 9.95. The van der Waals surface area contributed by atoms with Crippen LogP contribution in [-0.2, 0) is 11.2 Å². The van der Waals surface area contributed by atoms with Crippen molar-refractivity contribution in [2.75, 3.05) is 7.11 Å². The van der Waals surface area contributed by atoms with Gasteiger partial charge in [0.05, 0.1) is 18.2 Å². The third kappa shape index (κ3) is 3.31. The molecule has 0 fully saturated rings. The first-order valence-electron chi connectivity index (χ1n) is 9.19. The van der Waals surface area contributed by atoms with Crippen LogP contribution in [0.5, 0.6) is 0 Å². The van der Waals surface area contributed by atoms with E-state index in [1.807, 2.05) is 38.1 Å². The fourth-order valence-corrected chi connectivity index (χ4v) is 3.59. The van der Waals surface area contributed by atoms with Crippen molar-refractivity contribution < 1.29 is 14.3 Å². The lowest BCUT2D eigenvalue weighted by molar-refractivity contribution is 0.0602. The van der Waals surface area contributed by atoms with Crippen LogP contribution in [-0.4, -0.2) is 39.0 Å². The lowest BCUT2D eigenvalue weighted by Crippen LogP contribution is -2.08. The molecule has 0 amide bonds. The normalized spacial score (nSPS) is 11.0. The fraction of sp³-hybridized carbons (Fsp3) is 0.182. The molecule has 0 aliphatic carbocycles. The molecule has 0 aliphatic heterocycles. The van der Waals surface area contributed by atoms with Crippen LogP contribution in [0.25, 0.3) is 22.6 Å². The van der Waals surface area contributed by atoms with Gasteiger partial charge in [0.2, 0.25) is 0 Å². The Kier molecular flexibility index (Phi) is 4.72. The van der Waals surface area contributed by atoms with Gasteiger partial charge in [-0.15, -0.1) is 0 Å². The van der Waals surface area contributed by atoms with E-state index in [1.165, 1.54) is 7.11 Å². The standard InChI is InChI=1S/C22H20N4O3/c1-12-6-4-7-13(2)18(12)17(27)10-14-11-23-26-19(14)21-24-16-9-5-8-15(20(16)25-21)22(28)29-3/h4-9,11H,10H2,1-3H3,(H,23,26)(H,24,25). The van der Waals surface area contributed by atoms with E-state index in [2.05, 4.69) is 20.2 Å². The summed E-state index contributed by atoms with van der Waals surface area (Å²) in [4.78, 5) is 32.7. The molecule has 0 bridgehead atoms. The molecule has 4 rings (SSSR count). The summed E-state index contributed by atoms with van der Waals surface area (Å²) in [5.41, 5.74) is 5.49. The average molecular weight is 388 g/mol. The van der Waals surface area contributed by atoms with Crippen molar-refractivity contribution in [3.05, 3.63) is 70.4 Å². The molecule has 4 aromatic rings. The maximum Gasteiger partial charge on any atom is 0.340 e. The molecule has 2 N–H and O–H groups in total. The fourth-order valence-electron chi connectivity index (χ4n) is 3.59. The van der Waals surface area contributed by atoms with E-state index in [0.717, 1.165) is 22.3 Å². The molecule has 0 aliphatic rings. The summed E-state index contributed by atoms with van der Waals surface area (Å²) in [6.07, 6.45) is 1.90. The van der Waals surface area contributed by atoms with E-state index in [4.69, 9.17) is 4.74 Å². The molecule has 0 saturated carbocycles. The Morgan fingerprint density at radius 3 is 2.52 bits per heavy atom. The van der Waals surface area contributed by atoms with E-state index < -0.39 is 5.97 Å². The molecule has 146 valence electrons. The van der Waals surface area contributed by atoms with Crippen LogP contribution >= 0.6 is 0 Å². The first-order chi connectivity index (χ1) is 14.0. The Morgan fingerprint density at radius 1 is 1.07 bits per heavy atom. The Balaban J connectivity index is 1.72. The van der Waals surface area contributed by atoms with Crippen molar-refractivity contribution in [1.82, 2.24) is 20.2 Å². The van der Waals surface area contributed by atoms with E-state index in [9.17, 15) is 9.59 Å². The Bertz CT molecular complexity index is 1220. The highest BCUT2D eigenvalue weighted by molar-refractivity contribution is 6.03.